The molecule has 1 aromatic heterocycles. The lowest BCUT2D eigenvalue weighted by atomic mass is 9.92. The van der Waals surface area contributed by atoms with Crippen LogP contribution in [0.5, 0.6) is 0 Å². The number of rotatable bonds is 3. The van der Waals surface area contributed by atoms with Crippen LogP contribution in [0, 0.1) is 5.92 Å². The maximum atomic E-state index is 12.1. The third kappa shape index (κ3) is 2.07. The zero-order valence-electron chi connectivity index (χ0n) is 8.94. The third-order valence-electron chi connectivity index (χ3n) is 2.88. The van der Waals surface area contributed by atoms with E-state index < -0.39 is 0 Å². The summed E-state index contributed by atoms with van der Waals surface area (Å²) in [6.45, 7) is 4.54. The van der Waals surface area contributed by atoms with Crippen molar-refractivity contribution in [2.24, 2.45) is 5.92 Å². The molecule has 0 saturated carbocycles. The largest absolute Gasteiger partial charge is 0.317 e. The van der Waals surface area contributed by atoms with Crippen LogP contribution in [-0.2, 0) is 6.54 Å². The second kappa shape index (κ2) is 4.53. The van der Waals surface area contributed by atoms with E-state index >= 15 is 0 Å². The molecule has 1 aromatic rings. The molecule has 1 aliphatic heterocycles. The van der Waals surface area contributed by atoms with Gasteiger partial charge in [0.1, 0.15) is 5.69 Å². The van der Waals surface area contributed by atoms with Crippen LogP contribution in [0.4, 0.5) is 0 Å². The van der Waals surface area contributed by atoms with Gasteiger partial charge in [0, 0.05) is 12.5 Å². The van der Waals surface area contributed by atoms with Crippen molar-refractivity contribution in [1.29, 1.82) is 0 Å². The molecule has 1 N–H and O–H groups in total. The number of piperidine rings is 1. The first-order valence-corrected chi connectivity index (χ1v) is 5.46. The minimum Gasteiger partial charge on any atom is -0.317 e. The van der Waals surface area contributed by atoms with Crippen molar-refractivity contribution >= 4 is 5.78 Å². The molecule has 0 aromatic carbocycles. The number of carbonyl (C=O) groups excluding carboxylic acids is 1. The molecule has 1 saturated heterocycles. The van der Waals surface area contributed by atoms with E-state index in [9.17, 15) is 4.79 Å². The fourth-order valence-corrected chi connectivity index (χ4v) is 1.98. The fourth-order valence-electron chi connectivity index (χ4n) is 1.98. The lowest BCUT2D eigenvalue weighted by Crippen LogP contribution is -2.32. The van der Waals surface area contributed by atoms with Crippen molar-refractivity contribution < 1.29 is 4.79 Å². The molecule has 0 atom stereocenters. The Morgan fingerprint density at radius 3 is 3.00 bits per heavy atom. The van der Waals surface area contributed by atoms with Crippen LogP contribution in [0.3, 0.4) is 0 Å². The van der Waals surface area contributed by atoms with Crippen LogP contribution in [0.2, 0.25) is 0 Å². The maximum Gasteiger partial charge on any atom is 0.185 e. The highest BCUT2D eigenvalue weighted by molar-refractivity contribution is 5.96. The smallest absolute Gasteiger partial charge is 0.185 e. The maximum absolute atomic E-state index is 12.1. The molecule has 0 amide bonds. The molecular formula is C10H16N4O. The SMILES string of the molecule is CCn1nncc1C(=O)C1CCNCC1. The summed E-state index contributed by atoms with van der Waals surface area (Å²) in [5.41, 5.74) is 0.657. The molecule has 0 aliphatic carbocycles. The summed E-state index contributed by atoms with van der Waals surface area (Å²) >= 11 is 0. The average Bonchev–Trinajstić information content (AvgIpc) is 2.77. The van der Waals surface area contributed by atoms with Gasteiger partial charge in [-0.05, 0) is 32.9 Å². The average molecular weight is 208 g/mol. The molecule has 0 unspecified atom stereocenters. The van der Waals surface area contributed by atoms with E-state index in [4.69, 9.17) is 0 Å². The van der Waals surface area contributed by atoms with Crippen LogP contribution in [-0.4, -0.2) is 33.9 Å². The van der Waals surface area contributed by atoms with Crippen molar-refractivity contribution in [3.8, 4) is 0 Å². The Bertz CT molecular complexity index is 341. The van der Waals surface area contributed by atoms with E-state index in [-0.39, 0.29) is 11.7 Å². The number of aryl methyl sites for hydroxylation is 1. The standard InChI is InChI=1S/C10H16N4O/c1-2-14-9(7-12-13-14)10(15)8-3-5-11-6-4-8/h7-8,11H,2-6H2,1H3. The van der Waals surface area contributed by atoms with E-state index in [0.29, 0.717) is 12.2 Å². The van der Waals surface area contributed by atoms with Gasteiger partial charge in [-0.2, -0.15) is 0 Å². The summed E-state index contributed by atoms with van der Waals surface area (Å²) in [4.78, 5) is 12.1. The third-order valence-corrected chi connectivity index (χ3v) is 2.88. The number of ketones is 1. The van der Waals surface area contributed by atoms with Gasteiger partial charge in [-0.15, -0.1) is 5.10 Å². The summed E-state index contributed by atoms with van der Waals surface area (Å²) in [5.74, 6) is 0.346. The Labute approximate surface area is 88.9 Å². The van der Waals surface area contributed by atoms with Crippen molar-refractivity contribution in [1.82, 2.24) is 20.3 Å². The number of aromatic nitrogens is 3. The molecule has 0 radical (unpaired) electrons. The van der Waals surface area contributed by atoms with Gasteiger partial charge in [0.05, 0.1) is 6.20 Å². The van der Waals surface area contributed by atoms with Gasteiger partial charge in [-0.25, -0.2) is 4.68 Å². The van der Waals surface area contributed by atoms with Gasteiger partial charge in [0.15, 0.2) is 5.78 Å². The summed E-state index contributed by atoms with van der Waals surface area (Å²) in [5, 5.41) is 10.9. The Balaban J connectivity index is 2.12. The minimum absolute atomic E-state index is 0.148. The van der Waals surface area contributed by atoms with Gasteiger partial charge in [0.25, 0.3) is 0 Å². The van der Waals surface area contributed by atoms with Crippen molar-refractivity contribution in [3.63, 3.8) is 0 Å². The van der Waals surface area contributed by atoms with Gasteiger partial charge in [0.2, 0.25) is 0 Å². The van der Waals surface area contributed by atoms with Gasteiger partial charge >= 0.3 is 0 Å². The van der Waals surface area contributed by atoms with Crippen LogP contribution in [0.15, 0.2) is 6.20 Å². The summed E-state index contributed by atoms with van der Waals surface area (Å²) < 4.78 is 1.67. The highest BCUT2D eigenvalue weighted by atomic mass is 16.1. The van der Waals surface area contributed by atoms with Crippen LogP contribution < -0.4 is 5.32 Å². The van der Waals surface area contributed by atoms with Crippen molar-refractivity contribution in [3.05, 3.63) is 11.9 Å². The quantitative estimate of drug-likeness (QED) is 0.734. The first kappa shape index (κ1) is 10.3. The molecule has 5 nitrogen and oxygen atoms in total. The summed E-state index contributed by atoms with van der Waals surface area (Å²) in [6, 6.07) is 0. The molecule has 1 fully saturated rings. The highest BCUT2D eigenvalue weighted by Gasteiger charge is 2.24. The molecule has 82 valence electrons. The van der Waals surface area contributed by atoms with Crippen LogP contribution in [0.25, 0.3) is 0 Å². The van der Waals surface area contributed by atoms with E-state index in [1.807, 2.05) is 6.92 Å². The molecule has 0 spiro atoms. The molecule has 2 heterocycles. The summed E-state index contributed by atoms with van der Waals surface area (Å²) in [6.07, 6.45) is 3.43. The lowest BCUT2D eigenvalue weighted by Gasteiger charge is -2.21. The van der Waals surface area contributed by atoms with Gasteiger partial charge in [-0.3, -0.25) is 4.79 Å². The zero-order chi connectivity index (χ0) is 10.7. The Morgan fingerprint density at radius 2 is 2.33 bits per heavy atom. The number of nitrogens with one attached hydrogen (secondary N) is 1. The van der Waals surface area contributed by atoms with E-state index in [2.05, 4.69) is 15.6 Å². The predicted molar refractivity (Wildman–Crippen MR) is 55.6 cm³/mol. The second-order valence-corrected chi connectivity index (χ2v) is 3.82. The van der Waals surface area contributed by atoms with E-state index in [0.717, 1.165) is 25.9 Å². The molecule has 15 heavy (non-hydrogen) atoms. The first-order chi connectivity index (χ1) is 7.33. The Kier molecular flexibility index (Phi) is 3.11. The van der Waals surface area contributed by atoms with Crippen LogP contribution in [0.1, 0.15) is 30.3 Å². The zero-order valence-corrected chi connectivity index (χ0v) is 8.94. The molecule has 5 heteroatoms. The topological polar surface area (TPSA) is 59.8 Å². The number of hydrogen-bond acceptors (Lipinski definition) is 4. The molecule has 1 aliphatic rings. The number of nitrogens with zero attached hydrogens (tertiary/aromatic N) is 3. The molecule has 0 bridgehead atoms. The molecule has 2 rings (SSSR count). The first-order valence-electron chi connectivity index (χ1n) is 5.46. The van der Waals surface area contributed by atoms with Gasteiger partial charge < -0.3 is 5.32 Å². The Hall–Kier alpha value is -1.23. The van der Waals surface area contributed by atoms with Crippen molar-refractivity contribution in [2.45, 2.75) is 26.3 Å². The normalized spacial score (nSPS) is 17.9. The molecular weight excluding hydrogens is 192 g/mol. The predicted octanol–water partition coefficient (Wildman–Crippen LogP) is 0.480. The number of hydrogen-bond donors (Lipinski definition) is 1. The van der Waals surface area contributed by atoms with Crippen LogP contribution >= 0.6 is 0 Å². The van der Waals surface area contributed by atoms with Gasteiger partial charge in [-0.1, -0.05) is 5.21 Å². The lowest BCUT2D eigenvalue weighted by molar-refractivity contribution is 0.0884. The number of carbonyl (C=O) groups is 1. The van der Waals surface area contributed by atoms with E-state index in [1.165, 1.54) is 0 Å². The fraction of sp³-hybridized carbons (Fsp3) is 0.700. The minimum atomic E-state index is 0.148. The summed E-state index contributed by atoms with van der Waals surface area (Å²) in [7, 11) is 0. The number of Topliss-reactive ketones (excluding diaryl/α,β-unsaturated/α-hetero) is 1. The second-order valence-electron chi connectivity index (χ2n) is 3.82. The highest BCUT2D eigenvalue weighted by Crippen LogP contribution is 2.17. The monoisotopic (exact) mass is 208 g/mol. The Morgan fingerprint density at radius 1 is 1.60 bits per heavy atom. The van der Waals surface area contributed by atoms with E-state index in [1.54, 1.807) is 10.9 Å². The van der Waals surface area contributed by atoms with Crippen molar-refractivity contribution in [2.75, 3.05) is 13.1 Å².